The summed E-state index contributed by atoms with van der Waals surface area (Å²) in [7, 11) is -2.81. The first-order valence-corrected chi connectivity index (χ1v) is 15.1. The lowest BCUT2D eigenvalue weighted by atomic mass is 9.96. The zero-order chi connectivity index (χ0) is 27.5. The van der Waals surface area contributed by atoms with E-state index in [2.05, 4.69) is 0 Å². The molecule has 0 fully saturated rings. The summed E-state index contributed by atoms with van der Waals surface area (Å²) >= 11 is 12.2. The second-order valence-corrected chi connectivity index (χ2v) is 13.2. The largest absolute Gasteiger partial charge is 0.331 e. The molecule has 0 bridgehead atoms. The topological polar surface area (TPSA) is 99.4 Å². The molecule has 38 heavy (non-hydrogen) atoms. The van der Waals surface area contributed by atoms with E-state index in [1.807, 2.05) is 42.5 Å². The van der Waals surface area contributed by atoms with E-state index in [9.17, 15) is 13.8 Å². The maximum atomic E-state index is 13.9. The molecule has 3 aromatic rings. The third-order valence-corrected chi connectivity index (χ3v) is 9.40. The number of aromatic nitrogens is 2. The lowest BCUT2D eigenvalue weighted by molar-refractivity contribution is 0.0574. The van der Waals surface area contributed by atoms with Gasteiger partial charge in [0.25, 0.3) is 11.8 Å². The van der Waals surface area contributed by atoms with Crippen molar-refractivity contribution in [3.63, 3.8) is 0 Å². The summed E-state index contributed by atoms with van der Waals surface area (Å²) in [5, 5.41) is 5.51. The van der Waals surface area contributed by atoms with E-state index in [0.29, 0.717) is 39.2 Å². The summed E-state index contributed by atoms with van der Waals surface area (Å²) in [6.45, 7) is 6.73. The van der Waals surface area contributed by atoms with E-state index in [-0.39, 0.29) is 36.5 Å². The summed E-state index contributed by atoms with van der Waals surface area (Å²) < 4.78 is 21.7. The molecule has 0 aliphatic carbocycles. The quantitative estimate of drug-likeness (QED) is 0.439. The van der Waals surface area contributed by atoms with Crippen molar-refractivity contribution in [1.29, 1.82) is 4.78 Å². The van der Waals surface area contributed by atoms with Crippen molar-refractivity contribution < 1.29 is 13.8 Å². The number of carbonyl (C=O) groups excluding carboxylic acids is 2. The number of amides is 2. The van der Waals surface area contributed by atoms with Gasteiger partial charge in [-0.15, -0.1) is 0 Å². The number of nitrogens with zero attached hydrogens (tertiary/aromatic N) is 4. The number of halogens is 2. The predicted octanol–water partition coefficient (Wildman–Crippen LogP) is 5.59. The van der Waals surface area contributed by atoms with Crippen molar-refractivity contribution in [2.45, 2.75) is 56.8 Å². The van der Waals surface area contributed by atoms with Crippen LogP contribution in [0.5, 0.6) is 0 Å². The van der Waals surface area contributed by atoms with Gasteiger partial charge in [0.15, 0.2) is 0 Å². The van der Waals surface area contributed by atoms with E-state index in [4.69, 9.17) is 33.1 Å². The maximum Gasteiger partial charge on any atom is 0.273 e. The molecule has 0 unspecified atom stereocenters. The predicted molar refractivity (Wildman–Crippen MR) is 147 cm³/mol. The molecule has 3 heterocycles. The fourth-order valence-corrected chi connectivity index (χ4v) is 6.23. The molecule has 2 aliphatic rings. The summed E-state index contributed by atoms with van der Waals surface area (Å²) in [5.74, 6) is -0.310. The molecule has 0 saturated heterocycles. The molecule has 1 N–H and O–H groups in total. The zero-order valence-electron chi connectivity index (χ0n) is 21.6. The highest BCUT2D eigenvalue weighted by molar-refractivity contribution is 7.91. The minimum Gasteiger partial charge on any atom is -0.331 e. The SMILES string of the molecule is C[C@@H]1Cc2nn3c(c2CN1C(=O)c1ccc(Cl)c(Cl)c1)C(=O)N([C@@H](C)c1ccc([S@@](C)(=N)=O)cc1)C[C@H]3C. The van der Waals surface area contributed by atoms with Crippen LogP contribution >= 0.6 is 23.2 Å². The normalized spacial score (nSPS) is 21.5. The van der Waals surface area contributed by atoms with Crippen LogP contribution in [0, 0.1) is 4.78 Å². The van der Waals surface area contributed by atoms with Crippen molar-refractivity contribution in [2.75, 3.05) is 12.8 Å². The molecule has 2 aliphatic heterocycles. The molecular formula is C27H29Cl2N5O3S. The van der Waals surface area contributed by atoms with Gasteiger partial charge in [-0.2, -0.15) is 5.10 Å². The first-order valence-electron chi connectivity index (χ1n) is 12.4. The molecule has 1 aromatic heterocycles. The van der Waals surface area contributed by atoms with Crippen LogP contribution < -0.4 is 0 Å². The minimum atomic E-state index is -2.81. The van der Waals surface area contributed by atoms with Gasteiger partial charge >= 0.3 is 0 Å². The van der Waals surface area contributed by atoms with Gasteiger partial charge in [-0.25, -0.2) is 8.99 Å². The summed E-state index contributed by atoms with van der Waals surface area (Å²) in [6, 6.07) is 11.5. The Bertz CT molecular complexity index is 1550. The number of rotatable bonds is 4. The summed E-state index contributed by atoms with van der Waals surface area (Å²) in [5.41, 5.74) is 3.48. The first-order chi connectivity index (χ1) is 17.9. The van der Waals surface area contributed by atoms with E-state index in [0.717, 1.165) is 16.8 Å². The number of benzene rings is 2. The van der Waals surface area contributed by atoms with Crippen molar-refractivity contribution >= 4 is 44.7 Å². The Morgan fingerprint density at radius 1 is 1.11 bits per heavy atom. The van der Waals surface area contributed by atoms with Gasteiger partial charge in [0.05, 0.1) is 44.1 Å². The first kappa shape index (κ1) is 26.7. The van der Waals surface area contributed by atoms with E-state index < -0.39 is 9.73 Å². The molecule has 0 spiro atoms. The Morgan fingerprint density at radius 3 is 2.42 bits per heavy atom. The van der Waals surface area contributed by atoms with Crippen LogP contribution in [-0.4, -0.2) is 54.4 Å². The molecule has 200 valence electrons. The van der Waals surface area contributed by atoms with Crippen LogP contribution in [0.2, 0.25) is 10.0 Å². The molecule has 11 heteroatoms. The van der Waals surface area contributed by atoms with Gasteiger partial charge in [0, 0.05) is 41.3 Å². The second kappa shape index (κ2) is 9.70. The van der Waals surface area contributed by atoms with Crippen molar-refractivity contribution in [3.8, 4) is 0 Å². The van der Waals surface area contributed by atoms with E-state index >= 15 is 0 Å². The Hall–Kier alpha value is -2.88. The third kappa shape index (κ3) is 4.61. The van der Waals surface area contributed by atoms with Crippen molar-refractivity contribution in [1.82, 2.24) is 19.6 Å². The van der Waals surface area contributed by atoms with E-state index in [1.54, 1.807) is 35.2 Å². The Labute approximate surface area is 232 Å². The molecule has 5 rings (SSSR count). The smallest absolute Gasteiger partial charge is 0.273 e. The average molecular weight is 575 g/mol. The third-order valence-electron chi connectivity index (χ3n) is 7.49. The second-order valence-electron chi connectivity index (χ2n) is 10.2. The highest BCUT2D eigenvalue weighted by Crippen LogP contribution is 2.35. The molecular weight excluding hydrogens is 545 g/mol. The lowest BCUT2D eigenvalue weighted by Crippen LogP contribution is -2.45. The van der Waals surface area contributed by atoms with Gasteiger partial charge in [-0.05, 0) is 56.7 Å². The van der Waals surface area contributed by atoms with Gasteiger partial charge in [-0.3, -0.25) is 14.3 Å². The van der Waals surface area contributed by atoms with Crippen LogP contribution in [-0.2, 0) is 22.7 Å². The summed E-state index contributed by atoms with van der Waals surface area (Å²) in [6.07, 6.45) is 1.94. The molecule has 2 aromatic carbocycles. The maximum absolute atomic E-state index is 13.9. The average Bonchev–Trinajstić information content (AvgIpc) is 3.25. The molecule has 0 radical (unpaired) electrons. The Balaban J connectivity index is 1.46. The number of carbonyl (C=O) groups is 2. The van der Waals surface area contributed by atoms with Crippen LogP contribution in [0.4, 0.5) is 0 Å². The van der Waals surface area contributed by atoms with Crippen LogP contribution in [0.25, 0.3) is 0 Å². The Morgan fingerprint density at radius 2 is 1.79 bits per heavy atom. The standard InChI is InChI=1S/C27H29Cl2N5O3S/c1-15-11-24-21(14-32(15)26(35)19-7-10-22(28)23(29)12-19)25-27(36)33(13-16(2)34(25)31-24)17(3)18-5-8-20(9-6-18)38(4,30)37/h5-10,12,15-17,30H,11,13-14H2,1-4H3/t15-,16-,17+,38+/m1/s1. The number of nitrogens with one attached hydrogen (secondary N) is 1. The van der Waals surface area contributed by atoms with Crippen LogP contribution in [0.15, 0.2) is 47.4 Å². The Kier molecular flexibility index (Phi) is 6.82. The summed E-state index contributed by atoms with van der Waals surface area (Å²) in [4.78, 5) is 31.4. The highest BCUT2D eigenvalue weighted by atomic mass is 35.5. The van der Waals surface area contributed by atoms with Crippen molar-refractivity contribution in [3.05, 3.63) is 80.6 Å². The zero-order valence-corrected chi connectivity index (χ0v) is 23.9. The molecule has 4 atom stereocenters. The molecule has 0 saturated carbocycles. The van der Waals surface area contributed by atoms with E-state index in [1.165, 1.54) is 6.26 Å². The van der Waals surface area contributed by atoms with Gasteiger partial charge < -0.3 is 9.80 Å². The van der Waals surface area contributed by atoms with Gasteiger partial charge in [0.1, 0.15) is 5.69 Å². The number of fused-ring (bicyclic) bond motifs is 3. The monoisotopic (exact) mass is 573 g/mol. The highest BCUT2D eigenvalue weighted by Gasteiger charge is 2.40. The lowest BCUT2D eigenvalue weighted by Gasteiger charge is -2.37. The number of hydrogen-bond donors (Lipinski definition) is 1. The fourth-order valence-electron chi connectivity index (χ4n) is 5.28. The van der Waals surface area contributed by atoms with Gasteiger partial charge in [0.2, 0.25) is 0 Å². The van der Waals surface area contributed by atoms with Gasteiger partial charge in [-0.1, -0.05) is 35.3 Å². The number of hydrogen-bond acceptors (Lipinski definition) is 5. The van der Waals surface area contributed by atoms with Crippen LogP contribution in [0.3, 0.4) is 0 Å². The fraction of sp³-hybridized carbons (Fsp3) is 0.370. The molecule has 2 amide bonds. The molecule has 8 nitrogen and oxygen atoms in total. The minimum absolute atomic E-state index is 0.0489. The van der Waals surface area contributed by atoms with Crippen molar-refractivity contribution in [2.24, 2.45) is 0 Å². The van der Waals surface area contributed by atoms with Crippen LogP contribution in [0.1, 0.15) is 70.5 Å².